The Labute approximate surface area is 204 Å². The number of carboxylic acids is 1. The molecule has 4 heteroatoms. The Balaban J connectivity index is 1.54. The number of hydrogen-bond donors (Lipinski definition) is 1. The highest BCUT2D eigenvalue weighted by Crippen LogP contribution is 2.34. The Kier molecular flexibility index (Phi) is 6.11. The van der Waals surface area contributed by atoms with Gasteiger partial charge in [-0.05, 0) is 70.3 Å². The van der Waals surface area contributed by atoms with Gasteiger partial charge in [0.25, 0.3) is 0 Å². The molecule has 1 aromatic heterocycles. The maximum Gasteiger partial charge on any atom is 0.336 e. The molecule has 0 fully saturated rings. The average molecular weight is 463 g/mol. The van der Waals surface area contributed by atoms with Gasteiger partial charge >= 0.3 is 5.97 Å². The van der Waals surface area contributed by atoms with Crippen LogP contribution in [-0.4, -0.2) is 18.2 Å². The molecule has 5 rings (SSSR count). The summed E-state index contributed by atoms with van der Waals surface area (Å²) in [5, 5.41) is 13.1. The molecule has 0 amide bonds. The summed E-state index contributed by atoms with van der Waals surface area (Å²) in [6.07, 6.45) is 5.71. The smallest absolute Gasteiger partial charge is 0.336 e. The van der Waals surface area contributed by atoms with Crippen LogP contribution in [0.4, 0.5) is 0 Å². The van der Waals surface area contributed by atoms with E-state index in [9.17, 15) is 9.90 Å². The van der Waals surface area contributed by atoms with E-state index in [1.54, 1.807) is 25.3 Å². The number of ether oxygens (including phenoxy) is 1. The van der Waals surface area contributed by atoms with Gasteiger partial charge in [0.15, 0.2) is 0 Å². The van der Waals surface area contributed by atoms with Gasteiger partial charge in [-0.1, -0.05) is 68.0 Å². The second-order valence-corrected chi connectivity index (χ2v) is 8.56. The highest BCUT2D eigenvalue weighted by Gasteiger charge is 2.12. The third-order valence-electron chi connectivity index (χ3n) is 6.30. The largest absolute Gasteiger partial charge is 0.497 e. The average Bonchev–Trinajstić information content (AvgIpc) is 3.33. The number of hydrogen-bond acceptors (Lipinski definition) is 3. The monoisotopic (exact) mass is 462 g/mol. The summed E-state index contributed by atoms with van der Waals surface area (Å²) in [7, 11) is 1.57. The SMILES string of the molecule is CCCc1cc(-c2cc3c(ccc4ccccc43)o2)ccc1/C=C/c1cc(OC)ccc1C(=O)O. The number of benzene rings is 4. The lowest BCUT2D eigenvalue weighted by Crippen LogP contribution is -2.00. The Morgan fingerprint density at radius 3 is 2.54 bits per heavy atom. The highest BCUT2D eigenvalue weighted by molar-refractivity contribution is 6.07. The van der Waals surface area contributed by atoms with Crippen LogP contribution < -0.4 is 4.74 Å². The van der Waals surface area contributed by atoms with Gasteiger partial charge in [0.05, 0.1) is 12.7 Å². The number of furan rings is 1. The number of methoxy groups -OCH3 is 1. The van der Waals surface area contributed by atoms with E-state index < -0.39 is 5.97 Å². The molecule has 0 aliphatic heterocycles. The third-order valence-corrected chi connectivity index (χ3v) is 6.30. The highest BCUT2D eigenvalue weighted by atomic mass is 16.5. The summed E-state index contributed by atoms with van der Waals surface area (Å²) in [5.41, 5.74) is 4.98. The molecule has 5 aromatic rings. The summed E-state index contributed by atoms with van der Waals surface area (Å²) in [6, 6.07) is 25.8. The molecule has 1 N–H and O–H groups in total. The van der Waals surface area contributed by atoms with E-state index in [0.717, 1.165) is 40.7 Å². The minimum atomic E-state index is -0.964. The molecular weight excluding hydrogens is 436 g/mol. The summed E-state index contributed by atoms with van der Waals surface area (Å²) < 4.78 is 11.5. The van der Waals surface area contributed by atoms with Crippen LogP contribution in [0.3, 0.4) is 0 Å². The van der Waals surface area contributed by atoms with Gasteiger partial charge < -0.3 is 14.3 Å². The molecule has 1 heterocycles. The van der Waals surface area contributed by atoms with E-state index in [2.05, 4.69) is 49.4 Å². The van der Waals surface area contributed by atoms with Crippen molar-refractivity contribution in [3.63, 3.8) is 0 Å². The Morgan fingerprint density at radius 1 is 0.914 bits per heavy atom. The molecule has 0 bridgehead atoms. The van der Waals surface area contributed by atoms with E-state index in [-0.39, 0.29) is 5.56 Å². The number of rotatable bonds is 7. The van der Waals surface area contributed by atoms with Gasteiger partial charge in [-0.2, -0.15) is 0 Å². The van der Waals surface area contributed by atoms with Crippen molar-refractivity contribution in [3.8, 4) is 17.1 Å². The van der Waals surface area contributed by atoms with Gasteiger partial charge in [0.1, 0.15) is 17.1 Å². The second-order valence-electron chi connectivity index (χ2n) is 8.56. The third kappa shape index (κ3) is 4.43. The molecule has 4 nitrogen and oxygen atoms in total. The number of carbonyl (C=O) groups is 1. The predicted molar refractivity (Wildman–Crippen MR) is 142 cm³/mol. The molecule has 35 heavy (non-hydrogen) atoms. The van der Waals surface area contributed by atoms with Crippen LogP contribution in [0.25, 0.3) is 45.2 Å². The number of carboxylic acid groups (broad SMARTS) is 1. The molecule has 0 saturated heterocycles. The lowest BCUT2D eigenvalue weighted by Gasteiger charge is -2.09. The van der Waals surface area contributed by atoms with Gasteiger partial charge in [-0.3, -0.25) is 0 Å². The molecule has 0 aliphatic carbocycles. The zero-order valence-electron chi connectivity index (χ0n) is 19.7. The zero-order chi connectivity index (χ0) is 24.4. The molecule has 174 valence electrons. The fourth-order valence-corrected chi connectivity index (χ4v) is 4.52. The molecule has 0 unspecified atom stereocenters. The zero-order valence-corrected chi connectivity index (χ0v) is 19.7. The topological polar surface area (TPSA) is 59.7 Å². The van der Waals surface area contributed by atoms with Crippen LogP contribution in [0, 0.1) is 0 Å². The van der Waals surface area contributed by atoms with E-state index in [4.69, 9.17) is 9.15 Å². The van der Waals surface area contributed by atoms with Gasteiger partial charge in [-0.15, -0.1) is 0 Å². The first-order chi connectivity index (χ1) is 17.1. The van der Waals surface area contributed by atoms with Gasteiger partial charge in [0.2, 0.25) is 0 Å². The van der Waals surface area contributed by atoms with Crippen LogP contribution in [0.5, 0.6) is 5.75 Å². The normalized spacial score (nSPS) is 11.5. The summed E-state index contributed by atoms with van der Waals surface area (Å²) in [4.78, 5) is 11.7. The minimum Gasteiger partial charge on any atom is -0.497 e. The molecule has 0 spiro atoms. The number of aryl methyl sites for hydroxylation is 1. The Morgan fingerprint density at radius 2 is 1.74 bits per heavy atom. The van der Waals surface area contributed by atoms with Crippen molar-refractivity contribution in [1.29, 1.82) is 0 Å². The van der Waals surface area contributed by atoms with Crippen molar-refractivity contribution in [1.82, 2.24) is 0 Å². The van der Waals surface area contributed by atoms with E-state index >= 15 is 0 Å². The maximum atomic E-state index is 11.7. The lowest BCUT2D eigenvalue weighted by atomic mass is 9.97. The molecule has 0 aliphatic rings. The first-order valence-electron chi connectivity index (χ1n) is 11.7. The van der Waals surface area contributed by atoms with Crippen LogP contribution in [-0.2, 0) is 6.42 Å². The van der Waals surface area contributed by atoms with Crippen LogP contribution >= 0.6 is 0 Å². The van der Waals surface area contributed by atoms with Crippen LogP contribution in [0.1, 0.15) is 40.4 Å². The Bertz CT molecular complexity index is 1570. The first-order valence-corrected chi connectivity index (χ1v) is 11.7. The maximum absolute atomic E-state index is 11.7. The molecule has 0 radical (unpaired) electrons. The van der Waals surface area contributed by atoms with Crippen molar-refractivity contribution in [3.05, 3.63) is 101 Å². The fraction of sp³-hybridized carbons (Fsp3) is 0.129. The van der Waals surface area contributed by atoms with Crippen LogP contribution in [0.2, 0.25) is 0 Å². The number of fused-ring (bicyclic) bond motifs is 3. The van der Waals surface area contributed by atoms with Crippen molar-refractivity contribution in [2.75, 3.05) is 7.11 Å². The van der Waals surface area contributed by atoms with Crippen LogP contribution in [0.15, 0.2) is 83.3 Å². The number of aromatic carboxylic acids is 1. The first kappa shape index (κ1) is 22.5. The quantitative estimate of drug-likeness (QED) is 0.248. The van der Waals surface area contributed by atoms with E-state index in [1.807, 2.05) is 30.4 Å². The van der Waals surface area contributed by atoms with Crippen molar-refractivity contribution >= 4 is 39.9 Å². The van der Waals surface area contributed by atoms with E-state index in [0.29, 0.717) is 11.3 Å². The second kappa shape index (κ2) is 9.51. The summed E-state index contributed by atoms with van der Waals surface area (Å²) in [6.45, 7) is 2.15. The lowest BCUT2D eigenvalue weighted by molar-refractivity contribution is 0.0696. The molecule has 0 saturated carbocycles. The fourth-order valence-electron chi connectivity index (χ4n) is 4.52. The van der Waals surface area contributed by atoms with Crippen molar-refractivity contribution in [2.45, 2.75) is 19.8 Å². The Hall–Kier alpha value is -4.31. The molecule has 4 aromatic carbocycles. The summed E-state index contributed by atoms with van der Waals surface area (Å²) >= 11 is 0. The van der Waals surface area contributed by atoms with Gasteiger partial charge in [-0.25, -0.2) is 4.79 Å². The minimum absolute atomic E-state index is 0.241. The van der Waals surface area contributed by atoms with E-state index in [1.165, 1.54) is 16.3 Å². The van der Waals surface area contributed by atoms with Gasteiger partial charge in [0, 0.05) is 10.9 Å². The van der Waals surface area contributed by atoms with Crippen molar-refractivity contribution in [2.24, 2.45) is 0 Å². The molecule has 0 atom stereocenters. The predicted octanol–water partition coefficient (Wildman–Crippen LogP) is 8.08. The summed E-state index contributed by atoms with van der Waals surface area (Å²) in [5.74, 6) is 0.496. The standard InChI is InChI=1S/C31H26O4/c1-3-6-22-17-24(30-19-28-26-8-5-4-7-21(26)13-16-29(28)35-30)12-10-20(22)9-11-23-18-25(34-2)14-15-27(23)31(32)33/h4-5,7-19H,3,6H2,1-2H3,(H,32,33)/b11-9+. The molecular formula is C31H26O4. The van der Waals surface area contributed by atoms with Crippen molar-refractivity contribution < 1.29 is 19.1 Å².